The number of hydrogen-bond acceptors (Lipinski definition) is 3. The van der Waals surface area contributed by atoms with Gasteiger partial charge in [-0.25, -0.2) is 18.4 Å². The molecule has 94 valence electrons. The van der Waals surface area contributed by atoms with E-state index in [0.717, 1.165) is 0 Å². The van der Waals surface area contributed by atoms with Crippen LogP contribution >= 0.6 is 0 Å². The van der Waals surface area contributed by atoms with E-state index in [9.17, 15) is 18.4 Å². The van der Waals surface area contributed by atoms with Gasteiger partial charge in [0.25, 0.3) is 5.92 Å². The summed E-state index contributed by atoms with van der Waals surface area (Å²) in [6, 6.07) is -2.30. The van der Waals surface area contributed by atoms with Gasteiger partial charge in [-0.3, -0.25) is 0 Å². The van der Waals surface area contributed by atoms with Crippen molar-refractivity contribution in [3.63, 3.8) is 0 Å². The SMILES string of the molecule is CC(C)(C)OC(=O)N[C@H](C(=O)O)C(C)(F)F. The van der Waals surface area contributed by atoms with Gasteiger partial charge in [-0.15, -0.1) is 0 Å². The van der Waals surface area contributed by atoms with Crippen LogP contribution in [0.25, 0.3) is 0 Å². The van der Waals surface area contributed by atoms with Crippen molar-refractivity contribution in [2.24, 2.45) is 0 Å². The molecule has 0 unspecified atom stereocenters. The molecule has 0 radical (unpaired) electrons. The second-order valence-corrected chi connectivity index (χ2v) is 4.37. The van der Waals surface area contributed by atoms with Crippen molar-refractivity contribution in [1.29, 1.82) is 0 Å². The van der Waals surface area contributed by atoms with Crippen molar-refractivity contribution < 1.29 is 28.2 Å². The summed E-state index contributed by atoms with van der Waals surface area (Å²) in [5.74, 6) is -5.39. The summed E-state index contributed by atoms with van der Waals surface area (Å²) >= 11 is 0. The molecule has 7 heteroatoms. The van der Waals surface area contributed by atoms with Gasteiger partial charge in [-0.2, -0.15) is 0 Å². The Hall–Kier alpha value is -1.40. The molecule has 0 rings (SSSR count). The Balaban J connectivity index is 4.56. The van der Waals surface area contributed by atoms with Crippen LogP contribution in [0.1, 0.15) is 27.7 Å². The quantitative estimate of drug-likeness (QED) is 0.784. The number of alkyl carbamates (subject to hydrolysis) is 1. The van der Waals surface area contributed by atoms with E-state index in [2.05, 4.69) is 4.74 Å². The van der Waals surface area contributed by atoms with Gasteiger partial charge in [-0.05, 0) is 20.8 Å². The van der Waals surface area contributed by atoms with Crippen molar-refractivity contribution in [2.75, 3.05) is 0 Å². The van der Waals surface area contributed by atoms with Gasteiger partial charge in [0.2, 0.25) is 0 Å². The van der Waals surface area contributed by atoms with Crippen molar-refractivity contribution >= 4 is 12.1 Å². The third-order valence-corrected chi connectivity index (χ3v) is 1.41. The first kappa shape index (κ1) is 14.6. The molecule has 0 saturated heterocycles. The number of carbonyl (C=O) groups is 2. The van der Waals surface area contributed by atoms with Crippen LogP contribution in [0.15, 0.2) is 0 Å². The highest BCUT2D eigenvalue weighted by molar-refractivity contribution is 5.81. The summed E-state index contributed by atoms with van der Waals surface area (Å²) in [5, 5.41) is 10.1. The standard InChI is InChI=1S/C9H15F2NO4/c1-8(2,3)16-7(15)12-5(6(13)14)9(4,10)11/h5H,1-4H3,(H,12,15)(H,13,14)/t5-/m1/s1. The predicted octanol–water partition coefficient (Wildman–Crippen LogP) is 1.62. The highest BCUT2D eigenvalue weighted by atomic mass is 19.3. The number of nitrogens with one attached hydrogen (secondary N) is 1. The minimum atomic E-state index is -3.57. The number of ether oxygens (including phenoxy) is 1. The average Bonchev–Trinajstić information content (AvgIpc) is 1.93. The Labute approximate surface area is 91.8 Å². The number of amides is 1. The lowest BCUT2D eigenvalue weighted by molar-refractivity contribution is -0.149. The Bertz CT molecular complexity index is 280. The molecule has 0 spiro atoms. The van der Waals surface area contributed by atoms with Crippen molar-refractivity contribution in [2.45, 2.75) is 45.3 Å². The number of aliphatic carboxylic acids is 1. The van der Waals surface area contributed by atoms with Crippen LogP contribution in [0.4, 0.5) is 13.6 Å². The molecule has 0 aliphatic rings. The van der Waals surface area contributed by atoms with Crippen LogP contribution in [0.5, 0.6) is 0 Å². The molecule has 5 nitrogen and oxygen atoms in total. The minimum Gasteiger partial charge on any atom is -0.480 e. The summed E-state index contributed by atoms with van der Waals surface area (Å²) < 4.78 is 30.2. The van der Waals surface area contributed by atoms with E-state index in [1.165, 1.54) is 20.8 Å². The van der Waals surface area contributed by atoms with E-state index in [1.54, 1.807) is 5.32 Å². The van der Waals surface area contributed by atoms with Gasteiger partial charge in [0, 0.05) is 6.92 Å². The Morgan fingerprint density at radius 3 is 1.94 bits per heavy atom. The van der Waals surface area contributed by atoms with Crippen LogP contribution in [-0.2, 0) is 9.53 Å². The Morgan fingerprint density at radius 2 is 1.69 bits per heavy atom. The number of carboxylic acids is 1. The number of carboxylic acid groups (broad SMARTS) is 1. The fraction of sp³-hybridized carbons (Fsp3) is 0.778. The van der Waals surface area contributed by atoms with E-state index >= 15 is 0 Å². The van der Waals surface area contributed by atoms with E-state index in [4.69, 9.17) is 5.11 Å². The van der Waals surface area contributed by atoms with E-state index < -0.39 is 29.6 Å². The summed E-state index contributed by atoms with van der Waals surface area (Å²) in [6.07, 6.45) is -1.19. The van der Waals surface area contributed by atoms with Gasteiger partial charge in [0.05, 0.1) is 0 Å². The molecule has 0 aromatic heterocycles. The normalized spacial score (nSPS) is 14.1. The van der Waals surface area contributed by atoms with E-state index in [0.29, 0.717) is 6.92 Å². The number of hydrogen-bond donors (Lipinski definition) is 2. The average molecular weight is 239 g/mol. The van der Waals surface area contributed by atoms with Crippen molar-refractivity contribution in [1.82, 2.24) is 5.32 Å². The van der Waals surface area contributed by atoms with Crippen molar-refractivity contribution in [3.8, 4) is 0 Å². The second-order valence-electron chi connectivity index (χ2n) is 4.37. The number of halogens is 2. The fourth-order valence-corrected chi connectivity index (χ4v) is 0.831. The van der Waals surface area contributed by atoms with Gasteiger partial charge in [-0.1, -0.05) is 0 Å². The van der Waals surface area contributed by atoms with Crippen LogP contribution in [-0.4, -0.2) is 34.7 Å². The molecule has 1 atom stereocenters. The molecule has 0 aromatic rings. The first-order valence-electron chi connectivity index (χ1n) is 4.53. The maximum Gasteiger partial charge on any atom is 0.408 e. The minimum absolute atomic E-state index is 0.406. The lowest BCUT2D eigenvalue weighted by atomic mass is 10.2. The second kappa shape index (κ2) is 4.63. The maximum absolute atomic E-state index is 12.8. The molecule has 0 aliphatic heterocycles. The third kappa shape index (κ3) is 5.47. The monoisotopic (exact) mass is 239 g/mol. The summed E-state index contributed by atoms with van der Waals surface area (Å²) in [5.41, 5.74) is -0.879. The largest absolute Gasteiger partial charge is 0.480 e. The molecular weight excluding hydrogens is 224 g/mol. The molecule has 0 bridgehead atoms. The summed E-state index contributed by atoms with van der Waals surface area (Å²) in [6.45, 7) is 5.01. The van der Waals surface area contributed by atoms with E-state index in [1.807, 2.05) is 0 Å². The maximum atomic E-state index is 12.8. The molecule has 0 aromatic carbocycles. The Morgan fingerprint density at radius 1 is 1.25 bits per heavy atom. The number of carbonyl (C=O) groups excluding carboxylic acids is 1. The molecule has 0 saturated carbocycles. The zero-order chi connectivity index (χ0) is 13.1. The number of alkyl halides is 2. The molecule has 16 heavy (non-hydrogen) atoms. The molecule has 0 fully saturated rings. The van der Waals surface area contributed by atoms with Gasteiger partial charge in [0.1, 0.15) is 5.60 Å². The fourth-order valence-electron chi connectivity index (χ4n) is 0.831. The Kier molecular flexibility index (Phi) is 4.22. The van der Waals surface area contributed by atoms with Crippen LogP contribution in [0.3, 0.4) is 0 Å². The summed E-state index contributed by atoms with van der Waals surface area (Å²) in [7, 11) is 0. The zero-order valence-corrected chi connectivity index (χ0v) is 9.51. The molecule has 1 amide bonds. The van der Waals surface area contributed by atoms with Crippen LogP contribution in [0, 0.1) is 0 Å². The van der Waals surface area contributed by atoms with Crippen LogP contribution < -0.4 is 5.32 Å². The molecule has 2 N–H and O–H groups in total. The third-order valence-electron chi connectivity index (χ3n) is 1.41. The molecule has 0 aliphatic carbocycles. The lowest BCUT2D eigenvalue weighted by Crippen LogP contribution is -2.52. The first-order chi connectivity index (χ1) is 6.93. The smallest absolute Gasteiger partial charge is 0.408 e. The van der Waals surface area contributed by atoms with Crippen LogP contribution in [0.2, 0.25) is 0 Å². The lowest BCUT2D eigenvalue weighted by Gasteiger charge is -2.24. The highest BCUT2D eigenvalue weighted by Gasteiger charge is 2.42. The van der Waals surface area contributed by atoms with Gasteiger partial charge >= 0.3 is 12.1 Å². The highest BCUT2D eigenvalue weighted by Crippen LogP contribution is 2.18. The van der Waals surface area contributed by atoms with Gasteiger partial charge < -0.3 is 15.2 Å². The number of rotatable bonds is 3. The topological polar surface area (TPSA) is 75.6 Å². The van der Waals surface area contributed by atoms with Crippen molar-refractivity contribution in [3.05, 3.63) is 0 Å². The van der Waals surface area contributed by atoms with Gasteiger partial charge in [0.15, 0.2) is 6.04 Å². The predicted molar refractivity (Wildman–Crippen MR) is 51.4 cm³/mol. The molecular formula is C9H15F2NO4. The first-order valence-corrected chi connectivity index (χ1v) is 4.53. The molecule has 0 heterocycles. The zero-order valence-electron chi connectivity index (χ0n) is 9.51. The van der Waals surface area contributed by atoms with E-state index in [-0.39, 0.29) is 0 Å². The summed E-state index contributed by atoms with van der Waals surface area (Å²) in [4.78, 5) is 21.6.